The predicted molar refractivity (Wildman–Crippen MR) is 60.7 cm³/mol. The smallest absolute Gasteiger partial charge is 0.236 e. The van der Waals surface area contributed by atoms with Gasteiger partial charge in [0, 0.05) is 39.1 Å². The van der Waals surface area contributed by atoms with Gasteiger partial charge < -0.3 is 16.4 Å². The van der Waals surface area contributed by atoms with Gasteiger partial charge in [0.1, 0.15) is 6.04 Å². The molecular weight excluding hydrogens is 208 g/mol. The number of carbonyl (C=O) groups is 2. The predicted octanol–water partition coefficient (Wildman–Crippen LogP) is -1.73. The molecule has 4 N–H and O–H groups in total. The minimum Gasteiger partial charge on any atom is -0.368 e. The third-order valence-electron chi connectivity index (χ3n) is 2.68. The molecule has 1 unspecified atom stereocenters. The van der Waals surface area contributed by atoms with E-state index in [0.29, 0.717) is 26.1 Å². The second-order valence-electron chi connectivity index (χ2n) is 3.86. The Kier molecular flexibility index (Phi) is 5.21. The van der Waals surface area contributed by atoms with E-state index in [1.165, 1.54) is 0 Å². The van der Waals surface area contributed by atoms with Crippen LogP contribution in [0.15, 0.2) is 0 Å². The van der Waals surface area contributed by atoms with Gasteiger partial charge >= 0.3 is 0 Å². The van der Waals surface area contributed by atoms with Gasteiger partial charge in [-0.05, 0) is 6.92 Å². The van der Waals surface area contributed by atoms with Crippen molar-refractivity contribution in [3.8, 4) is 0 Å². The van der Waals surface area contributed by atoms with Crippen LogP contribution in [0.5, 0.6) is 0 Å². The van der Waals surface area contributed by atoms with Gasteiger partial charge in [0.15, 0.2) is 0 Å². The molecule has 0 aromatic heterocycles. The first-order valence-corrected chi connectivity index (χ1v) is 5.66. The molecule has 0 radical (unpaired) electrons. The topological polar surface area (TPSA) is 87.5 Å². The Balaban J connectivity index is 2.38. The van der Waals surface area contributed by atoms with Crippen LogP contribution in [-0.4, -0.2) is 55.5 Å². The highest BCUT2D eigenvalue weighted by Gasteiger charge is 2.26. The van der Waals surface area contributed by atoms with Crippen molar-refractivity contribution in [3.05, 3.63) is 0 Å². The van der Waals surface area contributed by atoms with Crippen molar-refractivity contribution >= 4 is 11.8 Å². The second kappa shape index (κ2) is 6.44. The maximum absolute atomic E-state index is 11.3. The molecule has 1 aliphatic heterocycles. The lowest BCUT2D eigenvalue weighted by molar-refractivity contribution is -0.126. The molecule has 0 spiro atoms. The summed E-state index contributed by atoms with van der Waals surface area (Å²) in [4.78, 5) is 24.4. The Morgan fingerprint density at radius 2 is 2.31 bits per heavy atom. The van der Waals surface area contributed by atoms with E-state index in [0.717, 1.165) is 13.1 Å². The van der Waals surface area contributed by atoms with Gasteiger partial charge in [-0.1, -0.05) is 0 Å². The lowest BCUT2D eigenvalue weighted by Gasteiger charge is -2.33. The number of hydrogen-bond donors (Lipinski definition) is 3. The van der Waals surface area contributed by atoms with E-state index >= 15 is 0 Å². The first-order valence-electron chi connectivity index (χ1n) is 5.66. The van der Waals surface area contributed by atoms with Crippen molar-refractivity contribution in [1.82, 2.24) is 15.5 Å². The summed E-state index contributed by atoms with van der Waals surface area (Å²) in [6, 6.07) is -0.289. The molecule has 1 aliphatic rings. The highest BCUT2D eigenvalue weighted by Crippen LogP contribution is 2.03. The molecule has 16 heavy (non-hydrogen) atoms. The Hall–Kier alpha value is -1.14. The van der Waals surface area contributed by atoms with Gasteiger partial charge in [0.05, 0.1) is 0 Å². The first kappa shape index (κ1) is 12.9. The largest absolute Gasteiger partial charge is 0.368 e. The molecule has 1 atom stereocenters. The zero-order chi connectivity index (χ0) is 12.0. The van der Waals surface area contributed by atoms with E-state index in [1.807, 2.05) is 11.8 Å². The number of primary amides is 1. The summed E-state index contributed by atoms with van der Waals surface area (Å²) in [7, 11) is 0. The Labute approximate surface area is 95.5 Å². The normalized spacial score (nSPS) is 21.7. The maximum atomic E-state index is 11.3. The molecule has 1 rings (SSSR count). The van der Waals surface area contributed by atoms with Crippen LogP contribution in [0.4, 0.5) is 0 Å². The van der Waals surface area contributed by atoms with Gasteiger partial charge in [0.25, 0.3) is 0 Å². The van der Waals surface area contributed by atoms with E-state index in [4.69, 9.17) is 5.73 Å². The van der Waals surface area contributed by atoms with Gasteiger partial charge in [-0.2, -0.15) is 0 Å². The molecule has 1 fully saturated rings. The third-order valence-corrected chi connectivity index (χ3v) is 2.68. The van der Waals surface area contributed by atoms with Crippen LogP contribution >= 0.6 is 0 Å². The summed E-state index contributed by atoms with van der Waals surface area (Å²) in [5.41, 5.74) is 5.30. The average molecular weight is 228 g/mol. The van der Waals surface area contributed by atoms with E-state index in [-0.39, 0.29) is 17.9 Å². The van der Waals surface area contributed by atoms with Crippen LogP contribution in [-0.2, 0) is 9.59 Å². The fourth-order valence-corrected chi connectivity index (χ4v) is 1.83. The lowest BCUT2D eigenvalue weighted by atomic mass is 10.1. The maximum Gasteiger partial charge on any atom is 0.236 e. The lowest BCUT2D eigenvalue weighted by Crippen LogP contribution is -2.57. The molecule has 1 heterocycles. The zero-order valence-corrected chi connectivity index (χ0v) is 9.66. The van der Waals surface area contributed by atoms with Crippen LogP contribution in [0, 0.1) is 0 Å². The summed E-state index contributed by atoms with van der Waals surface area (Å²) < 4.78 is 0. The first-order chi connectivity index (χ1) is 7.65. The summed E-state index contributed by atoms with van der Waals surface area (Å²) >= 11 is 0. The number of nitrogens with zero attached hydrogens (tertiary/aromatic N) is 1. The number of nitrogens with two attached hydrogens (primary N) is 1. The summed E-state index contributed by atoms with van der Waals surface area (Å²) in [5, 5.41) is 5.85. The van der Waals surface area contributed by atoms with Gasteiger partial charge in [-0.3, -0.25) is 14.5 Å². The second-order valence-corrected chi connectivity index (χ2v) is 3.86. The van der Waals surface area contributed by atoms with Crippen molar-refractivity contribution in [2.45, 2.75) is 19.4 Å². The van der Waals surface area contributed by atoms with E-state index in [1.54, 1.807) is 0 Å². The number of carbonyl (C=O) groups excluding carboxylic acids is 2. The summed E-state index contributed by atoms with van der Waals surface area (Å²) in [5.74, 6) is -0.313. The van der Waals surface area contributed by atoms with Crippen LogP contribution in [0.1, 0.15) is 13.3 Å². The molecule has 0 aliphatic carbocycles. The van der Waals surface area contributed by atoms with Crippen molar-refractivity contribution < 1.29 is 9.59 Å². The number of rotatable bonds is 5. The van der Waals surface area contributed by atoms with E-state index in [2.05, 4.69) is 10.6 Å². The molecule has 92 valence electrons. The van der Waals surface area contributed by atoms with Crippen LogP contribution in [0.25, 0.3) is 0 Å². The van der Waals surface area contributed by atoms with Gasteiger partial charge in [0.2, 0.25) is 11.8 Å². The molecule has 2 amide bonds. The SMILES string of the molecule is CCNC(=O)CCN1CCNCC1C(N)=O. The Morgan fingerprint density at radius 3 is 2.94 bits per heavy atom. The molecule has 0 saturated carbocycles. The number of nitrogens with one attached hydrogen (secondary N) is 2. The van der Waals surface area contributed by atoms with Gasteiger partial charge in [-0.15, -0.1) is 0 Å². The molecule has 6 nitrogen and oxygen atoms in total. The molecule has 1 saturated heterocycles. The van der Waals surface area contributed by atoms with Crippen LogP contribution in [0.3, 0.4) is 0 Å². The highest BCUT2D eigenvalue weighted by atomic mass is 16.2. The molecule has 6 heteroatoms. The minimum atomic E-state index is -0.330. The molecule has 0 aromatic rings. The quantitative estimate of drug-likeness (QED) is 0.522. The summed E-state index contributed by atoms with van der Waals surface area (Å²) in [6.07, 6.45) is 0.414. The average Bonchev–Trinajstić information content (AvgIpc) is 2.27. The Morgan fingerprint density at radius 1 is 1.56 bits per heavy atom. The van der Waals surface area contributed by atoms with Crippen molar-refractivity contribution in [3.63, 3.8) is 0 Å². The number of amides is 2. The van der Waals surface area contributed by atoms with E-state index in [9.17, 15) is 9.59 Å². The van der Waals surface area contributed by atoms with Crippen LogP contribution in [0.2, 0.25) is 0 Å². The van der Waals surface area contributed by atoms with Crippen molar-refractivity contribution in [1.29, 1.82) is 0 Å². The van der Waals surface area contributed by atoms with Gasteiger partial charge in [-0.25, -0.2) is 0 Å². The monoisotopic (exact) mass is 228 g/mol. The number of piperazine rings is 1. The highest BCUT2D eigenvalue weighted by molar-refractivity contribution is 5.80. The molecular formula is C10H20N4O2. The third kappa shape index (κ3) is 3.79. The minimum absolute atomic E-state index is 0.0178. The standard InChI is InChI=1S/C10H20N4O2/c1-2-13-9(15)3-5-14-6-4-12-7-8(14)10(11)16/h8,12H,2-7H2,1H3,(H2,11,16)(H,13,15). The van der Waals surface area contributed by atoms with Crippen molar-refractivity contribution in [2.24, 2.45) is 5.73 Å². The molecule has 0 bridgehead atoms. The van der Waals surface area contributed by atoms with Crippen LogP contribution < -0.4 is 16.4 Å². The zero-order valence-electron chi connectivity index (χ0n) is 9.66. The summed E-state index contributed by atoms with van der Waals surface area (Å²) in [6.45, 7) is 5.27. The molecule has 0 aromatic carbocycles. The number of hydrogen-bond acceptors (Lipinski definition) is 4. The fourth-order valence-electron chi connectivity index (χ4n) is 1.83. The Bertz CT molecular complexity index is 257. The van der Waals surface area contributed by atoms with Crippen molar-refractivity contribution in [2.75, 3.05) is 32.7 Å². The van der Waals surface area contributed by atoms with E-state index < -0.39 is 0 Å². The fraction of sp³-hybridized carbons (Fsp3) is 0.800.